The van der Waals surface area contributed by atoms with E-state index in [1.165, 1.54) is 0 Å². The predicted octanol–water partition coefficient (Wildman–Crippen LogP) is 6.01. The van der Waals surface area contributed by atoms with Crippen molar-refractivity contribution in [3.63, 3.8) is 0 Å². The second kappa shape index (κ2) is 10.6. The van der Waals surface area contributed by atoms with Gasteiger partial charge in [-0.15, -0.1) is 0 Å². The molecule has 2 aromatic rings. The third-order valence-corrected chi connectivity index (χ3v) is 9.77. The van der Waals surface area contributed by atoms with Crippen LogP contribution in [-0.2, 0) is 9.47 Å². The van der Waals surface area contributed by atoms with Crippen LogP contribution in [0.5, 0.6) is 0 Å². The Bertz CT molecular complexity index is 1460. The number of aliphatic hydroxyl groups is 1. The molecule has 4 atom stereocenters. The maximum Gasteiger partial charge on any atom is 0.330 e. The standard InChI is InChI=1S/C31H34Br2N4O4/c1-5-41-23-18-30(2,40-4)26-27-31(23,3)28-34-24(19-6-10-21(32)11-7-19)25(20-8-12-22(33)13-9-20)37(28)29(39)36(27)15-14-35(26)16-17-38/h6-13,18,24-25,38H,5,14-17H2,1-4H3/t24-,25+,30?,31?/m0/s1. The summed E-state index contributed by atoms with van der Waals surface area (Å²) in [4.78, 5) is 26.0. The molecule has 41 heavy (non-hydrogen) atoms. The molecule has 1 N–H and O–H groups in total. The Morgan fingerprint density at radius 1 is 1.00 bits per heavy atom. The highest BCUT2D eigenvalue weighted by Crippen LogP contribution is 2.58. The quantitative estimate of drug-likeness (QED) is 0.387. The largest absolute Gasteiger partial charge is 0.497 e. The van der Waals surface area contributed by atoms with Crippen LogP contribution in [0.1, 0.15) is 44.0 Å². The Labute approximate surface area is 257 Å². The molecule has 10 heteroatoms. The normalized spacial score (nSPS) is 28.9. The first kappa shape index (κ1) is 28.5. The summed E-state index contributed by atoms with van der Waals surface area (Å²) in [7, 11) is 1.67. The van der Waals surface area contributed by atoms with Gasteiger partial charge in [-0.2, -0.15) is 0 Å². The van der Waals surface area contributed by atoms with Crippen molar-refractivity contribution in [1.82, 2.24) is 14.7 Å². The van der Waals surface area contributed by atoms with Crippen LogP contribution in [-0.4, -0.2) is 77.2 Å². The van der Waals surface area contributed by atoms with E-state index < -0.39 is 11.0 Å². The monoisotopic (exact) mass is 684 g/mol. The van der Waals surface area contributed by atoms with E-state index in [2.05, 4.69) is 67.9 Å². The topological polar surface area (TPSA) is 77.8 Å². The molecule has 1 saturated heterocycles. The average Bonchev–Trinajstić information content (AvgIpc) is 3.37. The van der Waals surface area contributed by atoms with Crippen molar-refractivity contribution in [2.75, 3.05) is 40.0 Å². The fourth-order valence-corrected chi connectivity index (χ4v) is 7.29. The molecule has 8 nitrogen and oxygen atoms in total. The van der Waals surface area contributed by atoms with E-state index in [-0.39, 0.29) is 24.7 Å². The SMILES string of the molecule is CCOC1=CC(C)(OC)C2=C3N(CCN2CCO)C(=O)N2C(=N[C@@H](c4ccc(Br)cc4)[C@H]2c2ccc(Br)cc2)C13C. The third kappa shape index (κ3) is 4.28. The summed E-state index contributed by atoms with van der Waals surface area (Å²) < 4.78 is 14.5. The molecule has 0 bridgehead atoms. The second-order valence-corrected chi connectivity index (χ2v) is 12.9. The number of benzene rings is 2. The molecule has 2 amide bonds. The molecule has 0 spiro atoms. The summed E-state index contributed by atoms with van der Waals surface area (Å²) in [6.45, 7) is 8.01. The van der Waals surface area contributed by atoms with E-state index >= 15 is 0 Å². The number of aliphatic imine (C=N–C) groups is 1. The van der Waals surface area contributed by atoms with Crippen molar-refractivity contribution in [3.05, 3.63) is 91.8 Å². The van der Waals surface area contributed by atoms with Crippen molar-refractivity contribution >= 4 is 43.7 Å². The summed E-state index contributed by atoms with van der Waals surface area (Å²) in [5.74, 6) is 1.37. The van der Waals surface area contributed by atoms with Gasteiger partial charge in [0.25, 0.3) is 0 Å². The van der Waals surface area contributed by atoms with Gasteiger partial charge in [-0.3, -0.25) is 14.8 Å². The molecule has 0 saturated carbocycles. The van der Waals surface area contributed by atoms with E-state index in [0.29, 0.717) is 37.8 Å². The fourth-order valence-electron chi connectivity index (χ4n) is 6.76. The maximum atomic E-state index is 14.7. The molecule has 3 heterocycles. The summed E-state index contributed by atoms with van der Waals surface area (Å²) >= 11 is 7.13. The molecule has 6 rings (SSSR count). The molecule has 2 aromatic carbocycles. The highest BCUT2D eigenvalue weighted by atomic mass is 79.9. The van der Waals surface area contributed by atoms with Crippen LogP contribution in [0.15, 0.2) is 85.7 Å². The number of hydrogen-bond donors (Lipinski definition) is 1. The van der Waals surface area contributed by atoms with Crippen molar-refractivity contribution in [2.45, 2.75) is 38.5 Å². The fraction of sp³-hybridized carbons (Fsp3) is 0.419. The number of aliphatic hydroxyl groups excluding tert-OH is 1. The third-order valence-electron chi connectivity index (χ3n) is 8.71. The lowest BCUT2D eigenvalue weighted by atomic mass is 9.70. The summed E-state index contributed by atoms with van der Waals surface area (Å²) in [6.07, 6.45) is 2.03. The number of urea groups is 1. The predicted molar refractivity (Wildman–Crippen MR) is 164 cm³/mol. The Hall–Kier alpha value is -2.66. The number of halogens is 2. The van der Waals surface area contributed by atoms with Crippen LogP contribution < -0.4 is 0 Å². The van der Waals surface area contributed by atoms with Crippen LogP contribution in [0.2, 0.25) is 0 Å². The first-order valence-electron chi connectivity index (χ1n) is 13.9. The Kier molecular flexibility index (Phi) is 7.33. The van der Waals surface area contributed by atoms with Gasteiger partial charge in [0, 0.05) is 35.7 Å². The molecule has 216 valence electrons. The van der Waals surface area contributed by atoms with E-state index in [4.69, 9.17) is 14.5 Å². The molecule has 2 unspecified atom stereocenters. The highest BCUT2D eigenvalue weighted by molar-refractivity contribution is 9.10. The number of rotatable bonds is 7. The number of fused-ring (bicyclic) bond motifs is 2. The molecule has 4 aliphatic rings. The van der Waals surface area contributed by atoms with Crippen LogP contribution in [0, 0.1) is 5.41 Å². The zero-order chi connectivity index (χ0) is 29.1. The van der Waals surface area contributed by atoms with Gasteiger partial charge in [-0.25, -0.2) is 4.79 Å². The molecular weight excluding hydrogens is 652 g/mol. The number of β-amino-alcohol motifs (C(OH)–C–C–N with tert-alkyl or cyclic N) is 1. The maximum absolute atomic E-state index is 14.7. The van der Waals surface area contributed by atoms with E-state index in [1.807, 2.05) is 54.0 Å². The Morgan fingerprint density at radius 2 is 1.63 bits per heavy atom. The lowest BCUT2D eigenvalue weighted by Crippen LogP contribution is -2.66. The summed E-state index contributed by atoms with van der Waals surface area (Å²) in [5, 5.41) is 9.95. The zero-order valence-corrected chi connectivity index (χ0v) is 26.8. The summed E-state index contributed by atoms with van der Waals surface area (Å²) in [6, 6.07) is 15.5. The van der Waals surface area contributed by atoms with Crippen LogP contribution in [0.3, 0.4) is 0 Å². The molecule has 3 aliphatic heterocycles. The highest BCUT2D eigenvalue weighted by Gasteiger charge is 2.63. The van der Waals surface area contributed by atoms with Gasteiger partial charge in [0.1, 0.15) is 28.7 Å². The first-order valence-corrected chi connectivity index (χ1v) is 15.5. The van der Waals surface area contributed by atoms with Gasteiger partial charge in [0.15, 0.2) is 0 Å². The first-order chi connectivity index (χ1) is 19.7. The minimum absolute atomic E-state index is 0.00633. The van der Waals surface area contributed by atoms with Crippen LogP contribution in [0.25, 0.3) is 0 Å². The minimum Gasteiger partial charge on any atom is -0.497 e. The number of amidine groups is 1. The van der Waals surface area contributed by atoms with E-state index in [1.54, 1.807) is 7.11 Å². The lowest BCUT2D eigenvalue weighted by molar-refractivity contribution is 0.0124. The van der Waals surface area contributed by atoms with E-state index in [9.17, 15) is 9.90 Å². The Balaban J connectivity index is 1.62. The van der Waals surface area contributed by atoms with Gasteiger partial charge >= 0.3 is 6.03 Å². The number of nitrogens with zero attached hydrogens (tertiary/aromatic N) is 4. The van der Waals surface area contributed by atoms with E-state index in [0.717, 1.165) is 31.5 Å². The smallest absolute Gasteiger partial charge is 0.330 e. The van der Waals surface area contributed by atoms with Gasteiger partial charge in [0.2, 0.25) is 0 Å². The van der Waals surface area contributed by atoms with Crippen LogP contribution >= 0.6 is 31.9 Å². The zero-order valence-electron chi connectivity index (χ0n) is 23.6. The van der Waals surface area contributed by atoms with Crippen molar-refractivity contribution in [1.29, 1.82) is 0 Å². The molecule has 0 aromatic heterocycles. The van der Waals surface area contributed by atoms with Gasteiger partial charge in [-0.1, -0.05) is 56.1 Å². The van der Waals surface area contributed by atoms with Gasteiger partial charge in [0.05, 0.1) is 30.6 Å². The van der Waals surface area contributed by atoms with Crippen molar-refractivity contribution in [3.8, 4) is 0 Å². The van der Waals surface area contributed by atoms with Crippen molar-refractivity contribution < 1.29 is 19.4 Å². The number of methoxy groups -OCH3 is 1. The number of carbonyl (C=O) groups excluding carboxylic acids is 1. The van der Waals surface area contributed by atoms with Crippen LogP contribution in [0.4, 0.5) is 4.79 Å². The Morgan fingerprint density at radius 3 is 2.22 bits per heavy atom. The number of hydrogen-bond acceptors (Lipinski definition) is 6. The lowest BCUT2D eigenvalue weighted by Gasteiger charge is -2.57. The molecule has 0 radical (unpaired) electrons. The number of ether oxygens (including phenoxy) is 2. The molecule has 1 fully saturated rings. The van der Waals surface area contributed by atoms with Crippen molar-refractivity contribution in [2.24, 2.45) is 10.4 Å². The molecular formula is C31H34Br2N4O4. The molecule has 1 aliphatic carbocycles. The average molecular weight is 686 g/mol. The second-order valence-electron chi connectivity index (χ2n) is 11.0. The number of carbonyl (C=O) groups is 1. The minimum atomic E-state index is -0.858. The number of amides is 2. The summed E-state index contributed by atoms with van der Waals surface area (Å²) in [5.41, 5.74) is 2.00. The van der Waals surface area contributed by atoms with Gasteiger partial charge < -0.3 is 19.5 Å². The van der Waals surface area contributed by atoms with Gasteiger partial charge in [-0.05, 0) is 62.2 Å².